The Morgan fingerprint density at radius 1 is 1.00 bits per heavy atom. The van der Waals surface area contributed by atoms with E-state index < -0.39 is 5.97 Å². The monoisotopic (exact) mass is 314 g/mol. The van der Waals surface area contributed by atoms with Gasteiger partial charge in [-0.1, -0.05) is 32.9 Å². The molecule has 0 radical (unpaired) electrons. The normalized spacial score (nSPS) is 12.3. The average molecular weight is 314 g/mol. The number of carboxylic acids is 1. The second-order valence-corrected chi connectivity index (χ2v) is 6.00. The Balaban J connectivity index is 0. The lowest BCUT2D eigenvalue weighted by molar-refractivity contribution is -0.140. The smallest absolute Gasteiger partial charge is 0.333 e. The van der Waals surface area contributed by atoms with Crippen LogP contribution in [0.4, 0.5) is 0 Å². The van der Waals surface area contributed by atoms with Crippen LogP contribution in [0.3, 0.4) is 0 Å². The number of allylic oxidation sites excluding steroid dienone is 2. The van der Waals surface area contributed by atoms with Crippen molar-refractivity contribution in [3.05, 3.63) is 23.3 Å². The molecule has 0 rings (SSSR count). The molecule has 5 nitrogen and oxygen atoms in total. The van der Waals surface area contributed by atoms with Gasteiger partial charge in [0.05, 0.1) is 13.2 Å². The Kier molecular flexibility index (Phi) is 12.3. The number of aliphatic carboxylic acids is 1. The Morgan fingerprint density at radius 2 is 1.50 bits per heavy atom. The van der Waals surface area contributed by atoms with E-state index >= 15 is 0 Å². The van der Waals surface area contributed by atoms with Crippen LogP contribution in [0, 0.1) is 5.41 Å². The summed E-state index contributed by atoms with van der Waals surface area (Å²) in [6.07, 6.45) is 3.29. The predicted octanol–water partition coefficient (Wildman–Crippen LogP) is 3.60. The topological polar surface area (TPSA) is 72.8 Å². The number of hydrogen-bond donors (Lipinski definition) is 1. The standard InChI is InChI=1S/C12H22O3.C5H8O2/c1-6-10(2)11(13)15-8-7-14-9-12(3,4)5;1-3-4(2)5(6)7/h6H,7-9H2,1-5H3;3H,1-2H3,(H,6,7). The second-order valence-electron chi connectivity index (χ2n) is 6.00. The van der Waals surface area contributed by atoms with Crippen molar-refractivity contribution in [3.63, 3.8) is 0 Å². The summed E-state index contributed by atoms with van der Waals surface area (Å²) in [6.45, 7) is 14.6. The molecule has 0 aliphatic carbocycles. The molecule has 0 spiro atoms. The molecule has 0 heterocycles. The van der Waals surface area contributed by atoms with Gasteiger partial charge in [-0.3, -0.25) is 0 Å². The number of hydrogen-bond acceptors (Lipinski definition) is 4. The third-order valence-electron chi connectivity index (χ3n) is 2.52. The van der Waals surface area contributed by atoms with Gasteiger partial charge >= 0.3 is 11.9 Å². The fourth-order valence-electron chi connectivity index (χ4n) is 0.927. The molecular weight excluding hydrogens is 284 g/mol. The first-order valence-electron chi connectivity index (χ1n) is 7.29. The van der Waals surface area contributed by atoms with Gasteiger partial charge < -0.3 is 14.6 Å². The summed E-state index contributed by atoms with van der Waals surface area (Å²) < 4.78 is 10.3. The molecule has 5 heteroatoms. The van der Waals surface area contributed by atoms with Gasteiger partial charge in [0.25, 0.3) is 0 Å². The minimum absolute atomic E-state index is 0.156. The van der Waals surface area contributed by atoms with E-state index in [1.165, 1.54) is 0 Å². The molecule has 0 aliphatic rings. The minimum Gasteiger partial charge on any atom is -0.478 e. The van der Waals surface area contributed by atoms with E-state index in [0.717, 1.165) is 0 Å². The van der Waals surface area contributed by atoms with E-state index in [4.69, 9.17) is 14.6 Å². The molecule has 128 valence electrons. The van der Waals surface area contributed by atoms with Gasteiger partial charge in [-0.05, 0) is 33.1 Å². The second kappa shape index (κ2) is 12.0. The molecular formula is C17H30O5. The van der Waals surface area contributed by atoms with Crippen LogP contribution in [-0.4, -0.2) is 36.9 Å². The molecule has 0 amide bonds. The summed E-state index contributed by atoms with van der Waals surface area (Å²) in [5.41, 5.74) is 1.18. The molecule has 0 aromatic rings. The number of carboxylic acid groups (broad SMARTS) is 1. The molecule has 0 bridgehead atoms. The number of carbonyl (C=O) groups is 2. The summed E-state index contributed by atoms with van der Waals surface area (Å²) in [6, 6.07) is 0. The molecule has 0 aromatic heterocycles. The van der Waals surface area contributed by atoms with Gasteiger partial charge in [-0.25, -0.2) is 9.59 Å². The fourth-order valence-corrected chi connectivity index (χ4v) is 0.927. The molecule has 0 saturated heterocycles. The van der Waals surface area contributed by atoms with E-state index in [9.17, 15) is 9.59 Å². The third-order valence-corrected chi connectivity index (χ3v) is 2.52. The maximum atomic E-state index is 11.2. The highest BCUT2D eigenvalue weighted by Gasteiger charge is 2.10. The van der Waals surface area contributed by atoms with Crippen LogP contribution in [0.25, 0.3) is 0 Å². The highest BCUT2D eigenvalue weighted by atomic mass is 16.6. The number of rotatable bonds is 6. The maximum absolute atomic E-state index is 11.2. The van der Waals surface area contributed by atoms with E-state index in [1.807, 2.05) is 6.92 Å². The molecule has 0 unspecified atom stereocenters. The molecule has 0 aliphatic heterocycles. The summed E-state index contributed by atoms with van der Waals surface area (Å²) >= 11 is 0. The number of esters is 1. The maximum Gasteiger partial charge on any atom is 0.333 e. The van der Waals surface area contributed by atoms with Crippen LogP contribution in [-0.2, 0) is 19.1 Å². The van der Waals surface area contributed by atoms with Crippen LogP contribution in [0.2, 0.25) is 0 Å². The van der Waals surface area contributed by atoms with Crippen molar-refractivity contribution in [2.75, 3.05) is 19.8 Å². The Labute approximate surface area is 134 Å². The average Bonchev–Trinajstić information content (AvgIpc) is 2.44. The first kappa shape index (κ1) is 22.7. The van der Waals surface area contributed by atoms with Crippen molar-refractivity contribution in [1.29, 1.82) is 0 Å². The summed E-state index contributed by atoms with van der Waals surface area (Å²) in [5.74, 6) is -1.11. The first-order chi connectivity index (χ1) is 10.0. The van der Waals surface area contributed by atoms with Crippen molar-refractivity contribution in [2.24, 2.45) is 5.41 Å². The lowest BCUT2D eigenvalue weighted by atomic mass is 9.99. The van der Waals surface area contributed by atoms with Gasteiger partial charge in [0.1, 0.15) is 6.61 Å². The summed E-state index contributed by atoms with van der Waals surface area (Å²) in [7, 11) is 0. The van der Waals surface area contributed by atoms with Crippen molar-refractivity contribution >= 4 is 11.9 Å². The number of carbonyl (C=O) groups excluding carboxylic acids is 1. The van der Waals surface area contributed by atoms with Crippen molar-refractivity contribution < 1.29 is 24.2 Å². The lowest BCUT2D eigenvalue weighted by Gasteiger charge is -2.17. The van der Waals surface area contributed by atoms with Gasteiger partial charge in [0, 0.05) is 11.1 Å². The quantitative estimate of drug-likeness (QED) is 0.461. The van der Waals surface area contributed by atoms with Crippen molar-refractivity contribution in [2.45, 2.75) is 48.5 Å². The van der Waals surface area contributed by atoms with E-state index in [2.05, 4.69) is 20.8 Å². The van der Waals surface area contributed by atoms with Crippen molar-refractivity contribution in [3.8, 4) is 0 Å². The zero-order valence-electron chi connectivity index (χ0n) is 14.9. The zero-order chi connectivity index (χ0) is 17.8. The van der Waals surface area contributed by atoms with E-state index in [-0.39, 0.29) is 11.4 Å². The summed E-state index contributed by atoms with van der Waals surface area (Å²) in [5, 5.41) is 8.11. The predicted molar refractivity (Wildman–Crippen MR) is 87.7 cm³/mol. The highest BCUT2D eigenvalue weighted by molar-refractivity contribution is 5.87. The zero-order valence-corrected chi connectivity index (χ0v) is 14.9. The fraction of sp³-hybridized carbons (Fsp3) is 0.647. The lowest BCUT2D eigenvalue weighted by Crippen LogP contribution is -2.18. The molecule has 0 fully saturated rings. The Bertz CT molecular complexity index is 400. The van der Waals surface area contributed by atoms with Crippen LogP contribution in [0.15, 0.2) is 23.3 Å². The largest absolute Gasteiger partial charge is 0.478 e. The van der Waals surface area contributed by atoms with Crippen LogP contribution >= 0.6 is 0 Å². The van der Waals surface area contributed by atoms with Gasteiger partial charge in [-0.2, -0.15) is 0 Å². The summed E-state index contributed by atoms with van der Waals surface area (Å²) in [4.78, 5) is 21.1. The third kappa shape index (κ3) is 14.8. The van der Waals surface area contributed by atoms with Crippen LogP contribution < -0.4 is 0 Å². The Morgan fingerprint density at radius 3 is 1.82 bits per heavy atom. The van der Waals surface area contributed by atoms with E-state index in [0.29, 0.717) is 31.0 Å². The molecule has 0 atom stereocenters. The SMILES string of the molecule is CC=C(C)C(=O)O.CC=C(C)C(=O)OCCOCC(C)(C)C. The first-order valence-corrected chi connectivity index (χ1v) is 7.29. The van der Waals surface area contributed by atoms with Crippen LogP contribution in [0.5, 0.6) is 0 Å². The molecule has 1 N–H and O–H groups in total. The molecule has 0 aromatic carbocycles. The molecule has 0 saturated carbocycles. The minimum atomic E-state index is -0.845. The van der Waals surface area contributed by atoms with Gasteiger partial charge in [-0.15, -0.1) is 0 Å². The number of ether oxygens (including phenoxy) is 2. The highest BCUT2D eigenvalue weighted by Crippen LogP contribution is 2.12. The van der Waals surface area contributed by atoms with Crippen LogP contribution in [0.1, 0.15) is 48.5 Å². The Hall–Kier alpha value is -1.62. The van der Waals surface area contributed by atoms with Crippen molar-refractivity contribution in [1.82, 2.24) is 0 Å². The molecule has 22 heavy (non-hydrogen) atoms. The van der Waals surface area contributed by atoms with Gasteiger partial charge in [0.15, 0.2) is 0 Å². The van der Waals surface area contributed by atoms with E-state index in [1.54, 1.807) is 32.9 Å². The van der Waals surface area contributed by atoms with Gasteiger partial charge in [0.2, 0.25) is 0 Å².